The second-order valence-corrected chi connectivity index (χ2v) is 13.8. The van der Waals surface area contributed by atoms with Crippen LogP contribution in [0.25, 0.3) is 0 Å². The van der Waals surface area contributed by atoms with Crippen LogP contribution in [0.2, 0.25) is 0 Å². The van der Waals surface area contributed by atoms with Crippen molar-refractivity contribution in [2.45, 2.75) is 161 Å². The van der Waals surface area contributed by atoms with Crippen LogP contribution in [0.15, 0.2) is 24.3 Å². The van der Waals surface area contributed by atoms with E-state index in [2.05, 4.69) is 6.92 Å². The second kappa shape index (κ2) is 27.4. The molecule has 0 aliphatic rings. The van der Waals surface area contributed by atoms with Gasteiger partial charge in [-0.15, -0.1) is 0 Å². The number of ether oxygens (including phenoxy) is 2. The molecule has 0 atom stereocenters. The molecule has 0 amide bonds. The third-order valence-electron chi connectivity index (χ3n) is 8.13. The van der Waals surface area contributed by atoms with Crippen molar-refractivity contribution in [1.82, 2.24) is 0 Å². The zero-order valence-corrected chi connectivity index (χ0v) is 28.5. The number of esters is 2. The maximum Gasteiger partial charge on any atom is 0.339 e. The van der Waals surface area contributed by atoms with E-state index in [1.54, 1.807) is 12.1 Å². The van der Waals surface area contributed by atoms with Gasteiger partial charge in [-0.3, -0.25) is 4.55 Å². The fraction of sp³-hybridized carbons (Fsp3) is 0.778. The maximum atomic E-state index is 12.5. The van der Waals surface area contributed by atoms with Gasteiger partial charge >= 0.3 is 11.9 Å². The van der Waals surface area contributed by atoms with Gasteiger partial charge in [0, 0.05) is 0 Å². The Bertz CT molecular complexity index is 961. The van der Waals surface area contributed by atoms with Crippen LogP contribution in [0.3, 0.4) is 0 Å². The summed E-state index contributed by atoms with van der Waals surface area (Å²) in [6.45, 7) is 2.59. The first-order valence-electron chi connectivity index (χ1n) is 17.7. The Morgan fingerprint density at radius 1 is 0.523 bits per heavy atom. The van der Waals surface area contributed by atoms with Gasteiger partial charge in [0.1, 0.15) is 0 Å². The Kier molecular flexibility index (Phi) is 25.0. The molecule has 0 radical (unpaired) electrons. The summed E-state index contributed by atoms with van der Waals surface area (Å²) >= 11 is 0. The second-order valence-electron chi connectivity index (χ2n) is 12.2. The van der Waals surface area contributed by atoms with Gasteiger partial charge in [0.25, 0.3) is 10.1 Å². The molecule has 0 unspecified atom stereocenters. The number of unbranched alkanes of at least 4 members (excludes halogenated alkanes) is 22. The Hall–Kier alpha value is -1.93. The number of hydrogen-bond donors (Lipinski definition) is 1. The molecule has 0 saturated carbocycles. The monoisotopic (exact) mass is 638 g/mol. The molecule has 0 spiro atoms. The maximum absolute atomic E-state index is 12.5. The van der Waals surface area contributed by atoms with Crippen molar-refractivity contribution in [1.29, 1.82) is 0 Å². The highest BCUT2D eigenvalue weighted by Crippen LogP contribution is 2.16. The van der Waals surface area contributed by atoms with E-state index in [4.69, 9.17) is 14.0 Å². The SMILES string of the molecule is CCCCCCCCCCCCCCCCCCCCCCCCOC(=O)c1ccccc1C(=O)OCCCCS(=O)(=O)O. The summed E-state index contributed by atoms with van der Waals surface area (Å²) < 4.78 is 40.8. The number of carbonyl (C=O) groups is 2. The minimum absolute atomic E-state index is 0.00277. The van der Waals surface area contributed by atoms with E-state index in [1.807, 2.05) is 0 Å². The predicted molar refractivity (Wildman–Crippen MR) is 180 cm³/mol. The van der Waals surface area contributed by atoms with Crippen molar-refractivity contribution in [3.63, 3.8) is 0 Å². The number of rotatable bonds is 30. The zero-order chi connectivity index (χ0) is 32.1. The summed E-state index contributed by atoms with van der Waals surface area (Å²) in [6, 6.07) is 6.36. The topological polar surface area (TPSA) is 107 Å². The Morgan fingerprint density at radius 2 is 0.818 bits per heavy atom. The number of hydrogen-bond acceptors (Lipinski definition) is 6. The summed E-state index contributed by atoms with van der Waals surface area (Å²) in [7, 11) is -4.03. The van der Waals surface area contributed by atoms with E-state index in [0.717, 1.165) is 19.3 Å². The number of carbonyl (C=O) groups excluding carboxylic acids is 2. The summed E-state index contributed by atoms with van der Waals surface area (Å²) in [6.07, 6.45) is 29.7. The molecule has 0 bridgehead atoms. The first kappa shape index (κ1) is 40.1. The summed E-state index contributed by atoms with van der Waals surface area (Å²) in [5.74, 6) is -1.59. The van der Waals surface area contributed by atoms with Crippen LogP contribution in [0.4, 0.5) is 0 Å². The van der Waals surface area contributed by atoms with Gasteiger partial charge in [-0.1, -0.05) is 154 Å². The lowest BCUT2D eigenvalue weighted by Crippen LogP contribution is -2.15. The van der Waals surface area contributed by atoms with Crippen molar-refractivity contribution < 1.29 is 32.0 Å². The van der Waals surface area contributed by atoms with Gasteiger partial charge in [-0.05, 0) is 31.4 Å². The Labute approximate surface area is 269 Å². The predicted octanol–water partition coefficient (Wildman–Crippen LogP) is 10.3. The minimum atomic E-state index is -4.03. The summed E-state index contributed by atoms with van der Waals surface area (Å²) in [5.41, 5.74) is 0.288. The summed E-state index contributed by atoms with van der Waals surface area (Å²) in [5, 5.41) is 0. The highest BCUT2D eigenvalue weighted by atomic mass is 32.2. The molecule has 0 aliphatic heterocycles. The van der Waals surface area contributed by atoms with Crippen LogP contribution >= 0.6 is 0 Å². The smallest absolute Gasteiger partial charge is 0.339 e. The van der Waals surface area contributed by atoms with Gasteiger partial charge in [0.05, 0.1) is 30.1 Å². The van der Waals surface area contributed by atoms with Crippen LogP contribution in [-0.4, -0.2) is 43.9 Å². The molecule has 1 aromatic rings. The van der Waals surface area contributed by atoms with E-state index >= 15 is 0 Å². The number of benzene rings is 1. The molecule has 44 heavy (non-hydrogen) atoms. The average molecular weight is 639 g/mol. The normalized spacial score (nSPS) is 11.5. The van der Waals surface area contributed by atoms with E-state index in [1.165, 1.54) is 134 Å². The molecule has 8 heteroatoms. The zero-order valence-electron chi connectivity index (χ0n) is 27.7. The van der Waals surface area contributed by atoms with Crippen molar-refractivity contribution in [3.05, 3.63) is 35.4 Å². The standard InChI is InChI=1S/C36H62O7S/c1-2-3-4-5-6-7-8-9-10-11-12-13-14-15-16-17-18-19-20-21-22-25-30-42-35(37)33-28-23-24-29-34(33)36(38)43-31-26-27-32-44(39,40)41/h23-24,28-29H,2-22,25-27,30-32H2,1H3,(H,39,40,41). The van der Waals surface area contributed by atoms with Gasteiger partial charge in [0.15, 0.2) is 0 Å². The molecule has 0 heterocycles. The molecule has 0 aliphatic carbocycles. The van der Waals surface area contributed by atoms with Crippen LogP contribution < -0.4 is 0 Å². The van der Waals surface area contributed by atoms with Crippen LogP contribution in [0.5, 0.6) is 0 Å². The minimum Gasteiger partial charge on any atom is -0.462 e. The molecule has 1 aromatic carbocycles. The van der Waals surface area contributed by atoms with E-state index in [-0.39, 0.29) is 36.3 Å². The van der Waals surface area contributed by atoms with Crippen LogP contribution in [0, 0.1) is 0 Å². The summed E-state index contributed by atoms with van der Waals surface area (Å²) in [4.78, 5) is 25.0. The third kappa shape index (κ3) is 23.5. The van der Waals surface area contributed by atoms with Crippen molar-refractivity contribution >= 4 is 22.1 Å². The molecule has 0 aromatic heterocycles. The van der Waals surface area contributed by atoms with Crippen LogP contribution in [0.1, 0.15) is 182 Å². The van der Waals surface area contributed by atoms with Crippen LogP contribution in [-0.2, 0) is 19.6 Å². The van der Waals surface area contributed by atoms with Gasteiger partial charge in [-0.25, -0.2) is 9.59 Å². The fourth-order valence-electron chi connectivity index (χ4n) is 5.42. The van der Waals surface area contributed by atoms with Crippen molar-refractivity contribution in [2.24, 2.45) is 0 Å². The lowest BCUT2D eigenvalue weighted by atomic mass is 10.0. The lowest BCUT2D eigenvalue weighted by Gasteiger charge is -2.10. The fourth-order valence-corrected chi connectivity index (χ4v) is 5.99. The molecular formula is C36H62O7S. The molecule has 1 N–H and O–H groups in total. The molecular weight excluding hydrogens is 576 g/mol. The van der Waals surface area contributed by atoms with E-state index in [0.29, 0.717) is 6.61 Å². The van der Waals surface area contributed by atoms with Gasteiger partial charge in [-0.2, -0.15) is 8.42 Å². The molecule has 1 rings (SSSR count). The first-order chi connectivity index (χ1) is 21.3. The lowest BCUT2D eigenvalue weighted by molar-refractivity contribution is 0.0451. The quantitative estimate of drug-likeness (QED) is 0.0507. The molecule has 254 valence electrons. The molecule has 7 nitrogen and oxygen atoms in total. The Morgan fingerprint density at radius 3 is 1.14 bits per heavy atom. The van der Waals surface area contributed by atoms with E-state index in [9.17, 15) is 18.0 Å². The van der Waals surface area contributed by atoms with E-state index < -0.39 is 22.1 Å². The highest BCUT2D eigenvalue weighted by molar-refractivity contribution is 7.85. The average Bonchev–Trinajstić information content (AvgIpc) is 3.00. The Balaban J connectivity index is 1.95. The molecule has 0 fully saturated rings. The van der Waals surface area contributed by atoms with Crippen molar-refractivity contribution in [3.8, 4) is 0 Å². The van der Waals surface area contributed by atoms with Gasteiger partial charge in [0.2, 0.25) is 0 Å². The van der Waals surface area contributed by atoms with Gasteiger partial charge < -0.3 is 9.47 Å². The third-order valence-corrected chi connectivity index (χ3v) is 8.93. The van der Waals surface area contributed by atoms with Crippen molar-refractivity contribution in [2.75, 3.05) is 19.0 Å². The first-order valence-corrected chi connectivity index (χ1v) is 19.3. The largest absolute Gasteiger partial charge is 0.462 e. The highest BCUT2D eigenvalue weighted by Gasteiger charge is 2.19. The molecule has 0 saturated heterocycles.